The van der Waals surface area contributed by atoms with Crippen molar-refractivity contribution in [2.75, 3.05) is 0 Å². The van der Waals surface area contributed by atoms with Crippen LogP contribution in [0, 0.1) is 6.92 Å². The maximum absolute atomic E-state index is 4.30. The molecule has 3 aromatic rings. The largest absolute Gasteiger partial charge is 0.237 e. The Morgan fingerprint density at radius 1 is 0.737 bits per heavy atom. The van der Waals surface area contributed by atoms with E-state index in [0.717, 1.165) is 11.4 Å². The standard InChI is InChI=1S/C17H14N2/c1-13-6-2-3-9-16(13)14-7-4-8-15(12-14)17-18-10-5-11-19-17/h2-12H,1H3. The molecule has 2 aromatic carbocycles. The fourth-order valence-corrected chi connectivity index (χ4v) is 2.17. The molecule has 3 rings (SSSR count). The van der Waals surface area contributed by atoms with E-state index in [4.69, 9.17) is 0 Å². The third-order valence-electron chi connectivity index (χ3n) is 3.14. The highest BCUT2D eigenvalue weighted by Gasteiger charge is 2.04. The molecule has 0 aliphatic carbocycles. The van der Waals surface area contributed by atoms with Gasteiger partial charge >= 0.3 is 0 Å². The summed E-state index contributed by atoms with van der Waals surface area (Å²) in [6.07, 6.45) is 3.53. The van der Waals surface area contributed by atoms with Crippen molar-refractivity contribution >= 4 is 0 Å². The van der Waals surface area contributed by atoms with Crippen LogP contribution >= 0.6 is 0 Å². The van der Waals surface area contributed by atoms with Crippen molar-refractivity contribution in [3.05, 3.63) is 72.6 Å². The normalized spacial score (nSPS) is 10.4. The average Bonchev–Trinajstić information content (AvgIpc) is 2.49. The summed E-state index contributed by atoms with van der Waals surface area (Å²) < 4.78 is 0. The van der Waals surface area contributed by atoms with Crippen molar-refractivity contribution < 1.29 is 0 Å². The van der Waals surface area contributed by atoms with Gasteiger partial charge < -0.3 is 0 Å². The van der Waals surface area contributed by atoms with Crippen molar-refractivity contribution in [1.29, 1.82) is 0 Å². The topological polar surface area (TPSA) is 25.8 Å². The molecule has 2 heteroatoms. The second-order valence-electron chi connectivity index (χ2n) is 4.47. The monoisotopic (exact) mass is 246 g/mol. The lowest BCUT2D eigenvalue weighted by atomic mass is 9.99. The van der Waals surface area contributed by atoms with Gasteiger partial charge in [-0.3, -0.25) is 0 Å². The van der Waals surface area contributed by atoms with Crippen LogP contribution in [-0.2, 0) is 0 Å². The lowest BCUT2D eigenvalue weighted by molar-refractivity contribution is 1.18. The maximum Gasteiger partial charge on any atom is 0.159 e. The summed E-state index contributed by atoms with van der Waals surface area (Å²) >= 11 is 0. The van der Waals surface area contributed by atoms with Crippen LogP contribution in [0.2, 0.25) is 0 Å². The highest BCUT2D eigenvalue weighted by atomic mass is 14.8. The first-order valence-electron chi connectivity index (χ1n) is 6.28. The van der Waals surface area contributed by atoms with Gasteiger partial charge in [0.2, 0.25) is 0 Å². The summed E-state index contributed by atoms with van der Waals surface area (Å²) in [7, 11) is 0. The van der Waals surface area contributed by atoms with Crippen molar-refractivity contribution in [2.45, 2.75) is 6.92 Å². The van der Waals surface area contributed by atoms with Gasteiger partial charge in [-0.05, 0) is 35.7 Å². The number of hydrogen-bond acceptors (Lipinski definition) is 2. The predicted octanol–water partition coefficient (Wildman–Crippen LogP) is 4.12. The molecule has 0 aliphatic heterocycles. The maximum atomic E-state index is 4.30. The van der Waals surface area contributed by atoms with Crippen molar-refractivity contribution in [1.82, 2.24) is 9.97 Å². The van der Waals surface area contributed by atoms with Gasteiger partial charge in [-0.15, -0.1) is 0 Å². The van der Waals surface area contributed by atoms with Crippen LogP contribution in [-0.4, -0.2) is 9.97 Å². The van der Waals surface area contributed by atoms with E-state index < -0.39 is 0 Å². The SMILES string of the molecule is Cc1ccccc1-c1cccc(-c2ncccn2)c1. The third kappa shape index (κ3) is 2.38. The number of benzene rings is 2. The summed E-state index contributed by atoms with van der Waals surface area (Å²) in [4.78, 5) is 8.59. The van der Waals surface area contributed by atoms with Gasteiger partial charge in [-0.2, -0.15) is 0 Å². The van der Waals surface area contributed by atoms with E-state index in [1.165, 1.54) is 16.7 Å². The van der Waals surface area contributed by atoms with Crippen LogP contribution in [0.15, 0.2) is 67.0 Å². The smallest absolute Gasteiger partial charge is 0.159 e. The molecule has 0 fully saturated rings. The molecule has 0 saturated heterocycles. The second-order valence-corrected chi connectivity index (χ2v) is 4.47. The molecule has 0 saturated carbocycles. The first-order chi connectivity index (χ1) is 9.34. The van der Waals surface area contributed by atoms with E-state index in [1.807, 2.05) is 18.2 Å². The van der Waals surface area contributed by atoms with Crippen LogP contribution in [0.5, 0.6) is 0 Å². The lowest BCUT2D eigenvalue weighted by Gasteiger charge is -2.07. The Balaban J connectivity index is 2.09. The Morgan fingerprint density at radius 3 is 2.26 bits per heavy atom. The average molecular weight is 246 g/mol. The quantitative estimate of drug-likeness (QED) is 0.679. The summed E-state index contributed by atoms with van der Waals surface area (Å²) in [5, 5.41) is 0. The van der Waals surface area contributed by atoms with Gasteiger partial charge in [0.15, 0.2) is 5.82 Å². The zero-order valence-corrected chi connectivity index (χ0v) is 10.7. The minimum Gasteiger partial charge on any atom is -0.237 e. The molecule has 0 atom stereocenters. The summed E-state index contributed by atoms with van der Waals surface area (Å²) in [5.74, 6) is 0.762. The van der Waals surface area contributed by atoms with Crippen LogP contribution < -0.4 is 0 Å². The molecule has 0 aliphatic rings. The molecule has 0 unspecified atom stereocenters. The fraction of sp³-hybridized carbons (Fsp3) is 0.0588. The highest BCUT2D eigenvalue weighted by molar-refractivity contribution is 5.72. The van der Waals surface area contributed by atoms with Crippen LogP contribution in [0.25, 0.3) is 22.5 Å². The Morgan fingerprint density at radius 2 is 1.47 bits per heavy atom. The second kappa shape index (κ2) is 5.02. The van der Waals surface area contributed by atoms with Crippen LogP contribution in [0.4, 0.5) is 0 Å². The third-order valence-corrected chi connectivity index (χ3v) is 3.14. The minimum atomic E-state index is 0.762. The van der Waals surface area contributed by atoms with Gasteiger partial charge in [0, 0.05) is 18.0 Å². The highest BCUT2D eigenvalue weighted by Crippen LogP contribution is 2.26. The molecule has 1 heterocycles. The molecule has 0 radical (unpaired) electrons. The summed E-state index contributed by atoms with van der Waals surface area (Å²) in [5.41, 5.74) is 4.76. The van der Waals surface area contributed by atoms with E-state index in [1.54, 1.807) is 12.4 Å². The zero-order valence-electron chi connectivity index (χ0n) is 10.7. The summed E-state index contributed by atoms with van der Waals surface area (Å²) in [6.45, 7) is 2.13. The molecule has 0 N–H and O–H groups in total. The van der Waals surface area contributed by atoms with Crippen molar-refractivity contribution in [3.63, 3.8) is 0 Å². The van der Waals surface area contributed by atoms with Gasteiger partial charge in [0.05, 0.1) is 0 Å². The van der Waals surface area contributed by atoms with Gasteiger partial charge in [0.25, 0.3) is 0 Å². The first-order valence-corrected chi connectivity index (χ1v) is 6.28. The number of aromatic nitrogens is 2. The van der Waals surface area contributed by atoms with E-state index in [9.17, 15) is 0 Å². The Kier molecular flexibility index (Phi) is 3.07. The molecule has 92 valence electrons. The van der Waals surface area contributed by atoms with E-state index in [2.05, 4.69) is 53.3 Å². The molecule has 0 amide bonds. The summed E-state index contributed by atoms with van der Waals surface area (Å²) in [6, 6.07) is 18.6. The number of nitrogens with zero attached hydrogens (tertiary/aromatic N) is 2. The zero-order chi connectivity index (χ0) is 13.1. The molecule has 2 nitrogen and oxygen atoms in total. The van der Waals surface area contributed by atoms with E-state index in [-0.39, 0.29) is 0 Å². The molecule has 19 heavy (non-hydrogen) atoms. The number of aryl methyl sites for hydroxylation is 1. The van der Waals surface area contributed by atoms with E-state index in [0.29, 0.717) is 0 Å². The van der Waals surface area contributed by atoms with Crippen molar-refractivity contribution in [3.8, 4) is 22.5 Å². The van der Waals surface area contributed by atoms with E-state index >= 15 is 0 Å². The van der Waals surface area contributed by atoms with Gasteiger partial charge in [0.1, 0.15) is 0 Å². The number of rotatable bonds is 2. The first kappa shape index (κ1) is 11.6. The lowest BCUT2D eigenvalue weighted by Crippen LogP contribution is -1.88. The fourth-order valence-electron chi connectivity index (χ4n) is 2.17. The predicted molar refractivity (Wildman–Crippen MR) is 77.6 cm³/mol. The van der Waals surface area contributed by atoms with Crippen molar-refractivity contribution in [2.24, 2.45) is 0 Å². The Labute approximate surface area is 112 Å². The molecule has 0 bridgehead atoms. The minimum absolute atomic E-state index is 0.762. The molecule has 1 aromatic heterocycles. The Hall–Kier alpha value is -2.48. The Bertz CT molecular complexity index is 690. The molecular formula is C17H14N2. The molecular weight excluding hydrogens is 232 g/mol. The van der Waals surface area contributed by atoms with Gasteiger partial charge in [-0.25, -0.2) is 9.97 Å². The van der Waals surface area contributed by atoms with Gasteiger partial charge in [-0.1, -0.05) is 42.5 Å². The van der Waals surface area contributed by atoms with Crippen LogP contribution in [0.3, 0.4) is 0 Å². The number of hydrogen-bond donors (Lipinski definition) is 0. The molecule has 0 spiro atoms. The van der Waals surface area contributed by atoms with Crippen LogP contribution in [0.1, 0.15) is 5.56 Å².